The molecule has 0 saturated heterocycles. The molecule has 0 fully saturated rings. The van der Waals surface area contributed by atoms with Gasteiger partial charge >= 0.3 is 0 Å². The summed E-state index contributed by atoms with van der Waals surface area (Å²) in [6.45, 7) is 0. The number of benzene rings is 2. The Hall–Kier alpha value is -1.51. The second-order valence-corrected chi connectivity index (χ2v) is 5.88. The maximum Gasteiger partial charge on any atom is 0.0709 e. The summed E-state index contributed by atoms with van der Waals surface area (Å²) in [4.78, 5) is 0. The second kappa shape index (κ2) is 6.08. The van der Waals surface area contributed by atoms with E-state index in [1.165, 1.54) is 5.39 Å². The molecule has 108 valence electrons. The molecule has 0 bridgehead atoms. The Morgan fingerprint density at radius 1 is 1.10 bits per heavy atom. The van der Waals surface area contributed by atoms with Crippen molar-refractivity contribution in [3.8, 4) is 0 Å². The summed E-state index contributed by atoms with van der Waals surface area (Å²) in [7, 11) is 1.97. The minimum absolute atomic E-state index is 0.165. The van der Waals surface area contributed by atoms with E-state index in [0.29, 0.717) is 5.88 Å². The maximum atomic E-state index is 6.30. The van der Waals surface area contributed by atoms with Gasteiger partial charge in [0, 0.05) is 35.7 Å². The van der Waals surface area contributed by atoms with E-state index >= 15 is 0 Å². The lowest BCUT2D eigenvalue weighted by molar-refractivity contribution is 0.708. The highest BCUT2D eigenvalue weighted by atomic mass is 35.5. The predicted octanol–water partition coefficient (Wildman–Crippen LogP) is 4.79. The molecule has 4 heteroatoms. The molecule has 1 aromatic heterocycles. The molecule has 0 aliphatic carbocycles. The number of aryl methyl sites for hydroxylation is 1. The summed E-state index contributed by atoms with van der Waals surface area (Å²) in [6.07, 6.45) is 0.786. The zero-order valence-corrected chi connectivity index (χ0v) is 13.3. The molecular formula is C17H16Cl2N2. The number of fused-ring (bicyclic) bond motifs is 1. The minimum atomic E-state index is 0.165. The van der Waals surface area contributed by atoms with Gasteiger partial charge in [-0.05, 0) is 17.7 Å². The first-order valence-electron chi connectivity index (χ1n) is 6.91. The Labute approximate surface area is 134 Å². The number of para-hydroxylation sites is 1. The first-order valence-corrected chi connectivity index (χ1v) is 7.83. The zero-order valence-electron chi connectivity index (χ0n) is 11.8. The summed E-state index contributed by atoms with van der Waals surface area (Å²) in [5, 5.41) is 6.60. The fourth-order valence-electron chi connectivity index (χ4n) is 2.73. The van der Waals surface area contributed by atoms with Gasteiger partial charge in [-0.1, -0.05) is 48.0 Å². The number of aromatic nitrogens is 2. The van der Waals surface area contributed by atoms with E-state index in [4.69, 9.17) is 23.2 Å². The SMILES string of the molecule is Cn1nc(CC(CCl)c2ccccc2Cl)c2ccccc21. The molecule has 0 radical (unpaired) electrons. The smallest absolute Gasteiger partial charge is 0.0709 e. The van der Waals surface area contributed by atoms with Crippen LogP contribution in [0.3, 0.4) is 0 Å². The van der Waals surface area contributed by atoms with Crippen LogP contribution in [-0.2, 0) is 13.5 Å². The lowest BCUT2D eigenvalue weighted by atomic mass is 9.95. The van der Waals surface area contributed by atoms with Crippen molar-refractivity contribution in [3.63, 3.8) is 0 Å². The molecule has 2 nitrogen and oxygen atoms in total. The molecule has 0 amide bonds. The van der Waals surface area contributed by atoms with Gasteiger partial charge in [-0.15, -0.1) is 11.6 Å². The van der Waals surface area contributed by atoms with E-state index in [0.717, 1.165) is 28.2 Å². The summed E-state index contributed by atoms with van der Waals surface area (Å²) in [5.41, 5.74) is 3.29. The van der Waals surface area contributed by atoms with Crippen molar-refractivity contribution in [2.75, 3.05) is 5.88 Å². The number of hydrogen-bond donors (Lipinski definition) is 0. The van der Waals surface area contributed by atoms with Crippen molar-refractivity contribution >= 4 is 34.1 Å². The highest BCUT2D eigenvalue weighted by molar-refractivity contribution is 6.31. The fraction of sp³-hybridized carbons (Fsp3) is 0.235. The van der Waals surface area contributed by atoms with Crippen LogP contribution in [0.5, 0.6) is 0 Å². The van der Waals surface area contributed by atoms with Gasteiger partial charge in [-0.25, -0.2) is 0 Å². The molecule has 1 unspecified atom stereocenters. The fourth-order valence-corrected chi connectivity index (χ4v) is 3.29. The lowest BCUT2D eigenvalue weighted by Gasteiger charge is -2.14. The van der Waals surface area contributed by atoms with Gasteiger partial charge in [-0.3, -0.25) is 4.68 Å². The van der Waals surface area contributed by atoms with Crippen molar-refractivity contribution in [1.29, 1.82) is 0 Å². The minimum Gasteiger partial charge on any atom is -0.268 e. The Balaban J connectivity index is 1.99. The van der Waals surface area contributed by atoms with Crippen LogP contribution >= 0.6 is 23.2 Å². The Morgan fingerprint density at radius 3 is 2.57 bits per heavy atom. The van der Waals surface area contributed by atoms with Gasteiger partial charge in [0.1, 0.15) is 0 Å². The van der Waals surface area contributed by atoms with E-state index in [2.05, 4.69) is 17.2 Å². The number of nitrogens with zero attached hydrogens (tertiary/aromatic N) is 2. The van der Waals surface area contributed by atoms with Gasteiger partial charge in [0.2, 0.25) is 0 Å². The molecule has 1 atom stereocenters. The van der Waals surface area contributed by atoms with Crippen molar-refractivity contribution in [2.45, 2.75) is 12.3 Å². The molecule has 0 aliphatic heterocycles. The molecule has 1 heterocycles. The molecule has 2 aromatic carbocycles. The van der Waals surface area contributed by atoms with E-state index in [1.807, 2.05) is 48.1 Å². The number of hydrogen-bond acceptors (Lipinski definition) is 1. The van der Waals surface area contributed by atoms with Crippen LogP contribution in [0.1, 0.15) is 17.2 Å². The lowest BCUT2D eigenvalue weighted by Crippen LogP contribution is -2.06. The van der Waals surface area contributed by atoms with Crippen LogP contribution in [0.25, 0.3) is 10.9 Å². The molecule has 3 aromatic rings. The largest absolute Gasteiger partial charge is 0.268 e. The van der Waals surface area contributed by atoms with Gasteiger partial charge in [0.15, 0.2) is 0 Å². The Kier molecular flexibility index (Phi) is 4.18. The topological polar surface area (TPSA) is 17.8 Å². The van der Waals surface area contributed by atoms with Crippen LogP contribution in [0, 0.1) is 0 Å². The zero-order chi connectivity index (χ0) is 14.8. The van der Waals surface area contributed by atoms with Gasteiger partial charge in [0.25, 0.3) is 0 Å². The first kappa shape index (κ1) is 14.4. The standard InChI is InChI=1S/C17H16Cl2N2/c1-21-17-9-5-3-7-14(17)16(20-21)10-12(11-18)13-6-2-4-8-15(13)19/h2-9,12H,10-11H2,1H3. The van der Waals surface area contributed by atoms with Gasteiger partial charge in [-0.2, -0.15) is 5.10 Å². The average molecular weight is 319 g/mol. The molecule has 21 heavy (non-hydrogen) atoms. The highest BCUT2D eigenvalue weighted by Gasteiger charge is 2.18. The maximum absolute atomic E-state index is 6.30. The summed E-state index contributed by atoms with van der Waals surface area (Å²) in [5.74, 6) is 0.688. The first-order chi connectivity index (χ1) is 10.2. The highest BCUT2D eigenvalue weighted by Crippen LogP contribution is 2.30. The third-order valence-corrected chi connectivity index (χ3v) is 4.52. The van der Waals surface area contributed by atoms with Crippen LogP contribution in [-0.4, -0.2) is 15.7 Å². The average Bonchev–Trinajstić information content (AvgIpc) is 2.82. The summed E-state index contributed by atoms with van der Waals surface area (Å²) >= 11 is 12.5. The number of rotatable bonds is 4. The van der Waals surface area contributed by atoms with Gasteiger partial charge in [0.05, 0.1) is 11.2 Å². The normalized spacial score (nSPS) is 12.7. The van der Waals surface area contributed by atoms with Crippen molar-refractivity contribution in [1.82, 2.24) is 9.78 Å². The summed E-state index contributed by atoms with van der Waals surface area (Å²) < 4.78 is 1.92. The number of alkyl halides is 1. The predicted molar refractivity (Wildman–Crippen MR) is 89.3 cm³/mol. The third kappa shape index (κ3) is 2.78. The van der Waals surface area contributed by atoms with Crippen LogP contribution in [0.2, 0.25) is 5.02 Å². The molecule has 0 spiro atoms. The van der Waals surface area contributed by atoms with Crippen molar-refractivity contribution < 1.29 is 0 Å². The molecule has 3 rings (SSSR count). The Bertz CT molecular complexity index is 764. The number of halogens is 2. The van der Waals surface area contributed by atoms with Crippen molar-refractivity contribution in [2.24, 2.45) is 7.05 Å². The van der Waals surface area contributed by atoms with E-state index < -0.39 is 0 Å². The second-order valence-electron chi connectivity index (χ2n) is 5.16. The Morgan fingerprint density at radius 2 is 1.81 bits per heavy atom. The van der Waals surface area contributed by atoms with Crippen LogP contribution in [0.4, 0.5) is 0 Å². The van der Waals surface area contributed by atoms with E-state index in [-0.39, 0.29) is 5.92 Å². The molecule has 0 saturated carbocycles. The third-order valence-electron chi connectivity index (χ3n) is 3.81. The van der Waals surface area contributed by atoms with Crippen LogP contribution < -0.4 is 0 Å². The molecule has 0 aliphatic rings. The quantitative estimate of drug-likeness (QED) is 0.632. The summed E-state index contributed by atoms with van der Waals surface area (Å²) in [6, 6.07) is 16.1. The van der Waals surface area contributed by atoms with Gasteiger partial charge < -0.3 is 0 Å². The van der Waals surface area contributed by atoms with E-state index in [1.54, 1.807) is 0 Å². The molecular weight excluding hydrogens is 303 g/mol. The monoisotopic (exact) mass is 318 g/mol. The van der Waals surface area contributed by atoms with E-state index in [9.17, 15) is 0 Å². The molecule has 0 N–H and O–H groups in total. The van der Waals surface area contributed by atoms with Crippen molar-refractivity contribution in [3.05, 3.63) is 64.8 Å². The van der Waals surface area contributed by atoms with Crippen LogP contribution in [0.15, 0.2) is 48.5 Å².